The predicted octanol–water partition coefficient (Wildman–Crippen LogP) is 1.38. The highest BCUT2D eigenvalue weighted by atomic mass is 16.2. The van der Waals surface area contributed by atoms with E-state index in [0.717, 1.165) is 11.3 Å². The molecule has 0 bridgehead atoms. The third kappa shape index (κ3) is 2.56. The summed E-state index contributed by atoms with van der Waals surface area (Å²) in [5, 5.41) is 10.7. The SMILES string of the molecule is CCNC(=O)c1nnn(Cc2ccccc2)c1C. The lowest BCUT2D eigenvalue weighted by molar-refractivity contribution is 0.0950. The van der Waals surface area contributed by atoms with Gasteiger partial charge in [-0.25, -0.2) is 4.68 Å². The Morgan fingerprint density at radius 3 is 2.72 bits per heavy atom. The maximum atomic E-state index is 11.7. The van der Waals surface area contributed by atoms with Crippen LogP contribution >= 0.6 is 0 Å². The number of rotatable bonds is 4. The summed E-state index contributed by atoms with van der Waals surface area (Å²) < 4.78 is 1.74. The van der Waals surface area contributed by atoms with Gasteiger partial charge < -0.3 is 5.32 Å². The molecule has 1 heterocycles. The van der Waals surface area contributed by atoms with E-state index in [4.69, 9.17) is 0 Å². The Balaban J connectivity index is 2.18. The molecule has 0 aliphatic heterocycles. The number of carbonyl (C=O) groups is 1. The summed E-state index contributed by atoms with van der Waals surface area (Å²) in [7, 11) is 0. The maximum absolute atomic E-state index is 11.7. The van der Waals surface area contributed by atoms with Crippen LogP contribution in [0.5, 0.6) is 0 Å². The minimum Gasteiger partial charge on any atom is -0.351 e. The van der Waals surface area contributed by atoms with Gasteiger partial charge in [0, 0.05) is 6.54 Å². The van der Waals surface area contributed by atoms with Gasteiger partial charge in [-0.2, -0.15) is 0 Å². The Morgan fingerprint density at radius 1 is 1.33 bits per heavy atom. The first kappa shape index (κ1) is 12.3. The summed E-state index contributed by atoms with van der Waals surface area (Å²) in [6.07, 6.45) is 0. The highest BCUT2D eigenvalue weighted by Crippen LogP contribution is 2.07. The molecular weight excluding hydrogens is 228 g/mol. The number of hydrogen-bond acceptors (Lipinski definition) is 3. The molecule has 0 radical (unpaired) electrons. The van der Waals surface area contributed by atoms with Gasteiger partial charge in [0.15, 0.2) is 5.69 Å². The molecule has 94 valence electrons. The first-order valence-electron chi connectivity index (χ1n) is 5.94. The summed E-state index contributed by atoms with van der Waals surface area (Å²) in [5.41, 5.74) is 2.31. The number of carbonyl (C=O) groups excluding carboxylic acids is 1. The van der Waals surface area contributed by atoms with Gasteiger partial charge in [-0.3, -0.25) is 4.79 Å². The average Bonchev–Trinajstić information content (AvgIpc) is 2.73. The van der Waals surface area contributed by atoms with Crippen molar-refractivity contribution in [1.82, 2.24) is 20.3 Å². The molecule has 0 aliphatic rings. The van der Waals surface area contributed by atoms with Crippen molar-refractivity contribution in [1.29, 1.82) is 0 Å². The molecule has 0 saturated carbocycles. The lowest BCUT2D eigenvalue weighted by Gasteiger charge is -2.04. The van der Waals surface area contributed by atoms with Crippen molar-refractivity contribution in [3.63, 3.8) is 0 Å². The van der Waals surface area contributed by atoms with Crippen LogP contribution in [0.1, 0.15) is 28.7 Å². The van der Waals surface area contributed by atoms with Crippen molar-refractivity contribution < 1.29 is 4.79 Å². The Hall–Kier alpha value is -2.17. The van der Waals surface area contributed by atoms with Crippen molar-refractivity contribution in [2.45, 2.75) is 20.4 Å². The Morgan fingerprint density at radius 2 is 2.06 bits per heavy atom. The fourth-order valence-corrected chi connectivity index (χ4v) is 1.72. The topological polar surface area (TPSA) is 59.8 Å². The summed E-state index contributed by atoms with van der Waals surface area (Å²) in [6.45, 7) is 4.94. The molecule has 0 saturated heterocycles. The molecule has 5 heteroatoms. The molecule has 1 aromatic heterocycles. The summed E-state index contributed by atoms with van der Waals surface area (Å²) >= 11 is 0. The lowest BCUT2D eigenvalue weighted by Crippen LogP contribution is -2.24. The second-order valence-corrected chi connectivity index (χ2v) is 4.03. The fraction of sp³-hybridized carbons (Fsp3) is 0.308. The molecule has 0 aliphatic carbocycles. The maximum Gasteiger partial charge on any atom is 0.273 e. The standard InChI is InChI=1S/C13H16N4O/c1-3-14-13(18)12-10(2)17(16-15-12)9-11-7-5-4-6-8-11/h4-8H,3,9H2,1-2H3,(H,14,18). The van der Waals surface area contributed by atoms with E-state index in [2.05, 4.69) is 15.6 Å². The van der Waals surface area contributed by atoms with Gasteiger partial charge in [0.2, 0.25) is 0 Å². The average molecular weight is 244 g/mol. The number of hydrogen-bond donors (Lipinski definition) is 1. The van der Waals surface area contributed by atoms with E-state index in [1.165, 1.54) is 0 Å². The zero-order chi connectivity index (χ0) is 13.0. The summed E-state index contributed by atoms with van der Waals surface area (Å²) in [6, 6.07) is 9.97. The molecule has 0 unspecified atom stereocenters. The molecule has 1 N–H and O–H groups in total. The predicted molar refractivity (Wildman–Crippen MR) is 68.3 cm³/mol. The van der Waals surface area contributed by atoms with Gasteiger partial charge in [-0.1, -0.05) is 35.5 Å². The zero-order valence-electron chi connectivity index (χ0n) is 10.6. The third-order valence-corrected chi connectivity index (χ3v) is 2.71. The molecular formula is C13H16N4O. The zero-order valence-corrected chi connectivity index (χ0v) is 10.6. The minimum absolute atomic E-state index is 0.172. The molecule has 2 rings (SSSR count). The first-order chi connectivity index (χ1) is 8.72. The van der Waals surface area contributed by atoms with Crippen LogP contribution in [0.15, 0.2) is 30.3 Å². The van der Waals surface area contributed by atoms with Crippen LogP contribution in [0.3, 0.4) is 0 Å². The minimum atomic E-state index is -0.172. The molecule has 1 aromatic carbocycles. The van der Waals surface area contributed by atoms with E-state index in [9.17, 15) is 4.79 Å². The second-order valence-electron chi connectivity index (χ2n) is 4.03. The van der Waals surface area contributed by atoms with Crippen LogP contribution < -0.4 is 5.32 Å². The van der Waals surface area contributed by atoms with Gasteiger partial charge in [-0.05, 0) is 19.4 Å². The number of amides is 1. The first-order valence-corrected chi connectivity index (χ1v) is 5.94. The quantitative estimate of drug-likeness (QED) is 0.884. The lowest BCUT2D eigenvalue weighted by atomic mass is 10.2. The van der Waals surface area contributed by atoms with Crippen molar-refractivity contribution in [3.8, 4) is 0 Å². The van der Waals surface area contributed by atoms with Gasteiger partial charge in [-0.15, -0.1) is 5.10 Å². The third-order valence-electron chi connectivity index (χ3n) is 2.71. The smallest absolute Gasteiger partial charge is 0.273 e. The van der Waals surface area contributed by atoms with E-state index in [1.54, 1.807) is 4.68 Å². The van der Waals surface area contributed by atoms with Crippen molar-refractivity contribution in [2.24, 2.45) is 0 Å². The fourth-order valence-electron chi connectivity index (χ4n) is 1.72. The highest BCUT2D eigenvalue weighted by Gasteiger charge is 2.15. The van der Waals surface area contributed by atoms with Crippen LogP contribution in [0.4, 0.5) is 0 Å². The van der Waals surface area contributed by atoms with E-state index in [-0.39, 0.29) is 5.91 Å². The Kier molecular flexibility index (Phi) is 3.72. The van der Waals surface area contributed by atoms with Crippen LogP contribution in [0.2, 0.25) is 0 Å². The highest BCUT2D eigenvalue weighted by molar-refractivity contribution is 5.93. The molecule has 0 atom stereocenters. The van der Waals surface area contributed by atoms with Gasteiger partial charge in [0.25, 0.3) is 5.91 Å². The van der Waals surface area contributed by atoms with Crippen molar-refractivity contribution in [3.05, 3.63) is 47.3 Å². The molecule has 2 aromatic rings. The number of nitrogens with one attached hydrogen (secondary N) is 1. The summed E-state index contributed by atoms with van der Waals surface area (Å²) in [4.78, 5) is 11.7. The molecule has 0 spiro atoms. The number of benzene rings is 1. The van der Waals surface area contributed by atoms with Gasteiger partial charge in [0.1, 0.15) is 0 Å². The van der Waals surface area contributed by atoms with Crippen LogP contribution in [0, 0.1) is 6.92 Å². The number of aromatic nitrogens is 3. The van der Waals surface area contributed by atoms with Gasteiger partial charge in [0.05, 0.1) is 12.2 Å². The Labute approximate surface area is 106 Å². The van der Waals surface area contributed by atoms with E-state index >= 15 is 0 Å². The number of nitrogens with zero attached hydrogens (tertiary/aromatic N) is 3. The van der Waals surface area contributed by atoms with E-state index < -0.39 is 0 Å². The monoisotopic (exact) mass is 244 g/mol. The normalized spacial score (nSPS) is 10.3. The van der Waals surface area contributed by atoms with Crippen LogP contribution in [-0.4, -0.2) is 27.4 Å². The van der Waals surface area contributed by atoms with Crippen molar-refractivity contribution >= 4 is 5.91 Å². The van der Waals surface area contributed by atoms with Crippen molar-refractivity contribution in [2.75, 3.05) is 6.54 Å². The van der Waals surface area contributed by atoms with Crippen LogP contribution in [0.25, 0.3) is 0 Å². The molecule has 5 nitrogen and oxygen atoms in total. The second kappa shape index (κ2) is 5.44. The molecule has 1 amide bonds. The summed E-state index contributed by atoms with van der Waals surface area (Å²) in [5.74, 6) is -0.172. The largest absolute Gasteiger partial charge is 0.351 e. The molecule has 18 heavy (non-hydrogen) atoms. The Bertz CT molecular complexity index is 533. The van der Waals surface area contributed by atoms with E-state index in [1.807, 2.05) is 44.2 Å². The molecule has 0 fully saturated rings. The van der Waals surface area contributed by atoms with Crippen LogP contribution in [-0.2, 0) is 6.54 Å². The van der Waals surface area contributed by atoms with Gasteiger partial charge >= 0.3 is 0 Å². The van der Waals surface area contributed by atoms with E-state index in [0.29, 0.717) is 18.8 Å².